The average Bonchev–Trinajstić information content (AvgIpc) is 2.51. The highest BCUT2D eigenvalue weighted by Gasteiger charge is 2.29. The van der Waals surface area contributed by atoms with Crippen molar-refractivity contribution in [3.05, 3.63) is 29.3 Å². The molecule has 2 fully saturated rings. The lowest BCUT2D eigenvalue weighted by atomic mass is 10.3. The Bertz CT molecular complexity index is 441. The average molecular weight is 311 g/mol. The van der Waals surface area contributed by atoms with Crippen molar-refractivity contribution in [3.8, 4) is 5.75 Å². The zero-order valence-electron chi connectivity index (χ0n) is 12.2. The van der Waals surface area contributed by atoms with Crippen molar-refractivity contribution in [1.29, 1.82) is 0 Å². The van der Waals surface area contributed by atoms with Crippen LogP contribution in [0, 0.1) is 0 Å². The number of hydrogen-bond acceptors (Lipinski definition) is 4. The number of rotatable bonds is 3. The molecule has 2 aliphatic rings. The molecule has 2 heterocycles. The summed E-state index contributed by atoms with van der Waals surface area (Å²) in [6.07, 6.45) is -0.126. The second-order valence-corrected chi connectivity index (χ2v) is 5.96. The Morgan fingerprint density at radius 2 is 1.90 bits per heavy atom. The van der Waals surface area contributed by atoms with E-state index in [1.807, 2.05) is 24.3 Å². The van der Waals surface area contributed by atoms with E-state index in [0.717, 1.165) is 31.9 Å². The Hall–Kier alpha value is -0.850. The lowest BCUT2D eigenvalue weighted by Crippen LogP contribution is -2.56. The van der Waals surface area contributed by atoms with Crippen LogP contribution in [-0.2, 0) is 4.74 Å². The van der Waals surface area contributed by atoms with E-state index < -0.39 is 0 Å². The van der Waals surface area contributed by atoms with Gasteiger partial charge in [-0.1, -0.05) is 11.6 Å². The molecule has 21 heavy (non-hydrogen) atoms. The summed E-state index contributed by atoms with van der Waals surface area (Å²) in [5.74, 6) is 0.773. The summed E-state index contributed by atoms with van der Waals surface area (Å²) in [7, 11) is 2.15. The normalized spacial score (nSPS) is 28.5. The van der Waals surface area contributed by atoms with Gasteiger partial charge in [-0.15, -0.1) is 0 Å². The van der Waals surface area contributed by atoms with E-state index in [4.69, 9.17) is 21.1 Å². The summed E-state index contributed by atoms with van der Waals surface area (Å²) >= 11 is 5.86. The van der Waals surface area contributed by atoms with Crippen LogP contribution in [0.2, 0.25) is 5.02 Å². The Balaban J connectivity index is 1.45. The van der Waals surface area contributed by atoms with Gasteiger partial charge in [0.25, 0.3) is 0 Å². The number of morpholine rings is 1. The van der Waals surface area contributed by atoms with Crippen LogP contribution in [0.15, 0.2) is 24.3 Å². The Morgan fingerprint density at radius 3 is 2.52 bits per heavy atom. The van der Waals surface area contributed by atoms with Crippen LogP contribution >= 0.6 is 11.6 Å². The number of likely N-dealkylation sites (N-methyl/N-ethyl adjacent to an activating group) is 1. The van der Waals surface area contributed by atoms with Crippen molar-refractivity contribution >= 4 is 11.6 Å². The number of hydrogen-bond donors (Lipinski definition) is 0. The number of benzene rings is 1. The second-order valence-electron chi connectivity index (χ2n) is 5.52. The summed E-state index contributed by atoms with van der Waals surface area (Å²) in [4.78, 5) is 4.70. The SMILES string of the molecule is CN1CCN(C2C[N]C(Oc3ccc(Cl)cc3)CO2)CC1. The third kappa shape index (κ3) is 4.08. The van der Waals surface area contributed by atoms with E-state index in [2.05, 4.69) is 22.2 Å². The van der Waals surface area contributed by atoms with Crippen LogP contribution in [0.1, 0.15) is 0 Å². The Kier molecular flexibility index (Phi) is 4.98. The van der Waals surface area contributed by atoms with Crippen molar-refractivity contribution in [2.24, 2.45) is 0 Å². The predicted molar refractivity (Wildman–Crippen MR) is 81.7 cm³/mol. The standard InChI is InChI=1S/C15H21ClN3O2/c1-18-6-8-19(9-7-18)15-10-17-14(11-20-15)21-13-4-2-12(16)3-5-13/h2-5,14-15H,6-11H2,1H3. The molecule has 0 aliphatic carbocycles. The van der Waals surface area contributed by atoms with Gasteiger partial charge in [-0.25, -0.2) is 0 Å². The first-order chi connectivity index (χ1) is 10.2. The minimum atomic E-state index is -0.227. The third-order valence-electron chi connectivity index (χ3n) is 3.93. The first-order valence-electron chi connectivity index (χ1n) is 7.34. The maximum Gasteiger partial charge on any atom is 0.188 e. The number of halogens is 1. The molecule has 0 aromatic heterocycles. The van der Waals surface area contributed by atoms with E-state index in [9.17, 15) is 0 Å². The molecule has 2 saturated heterocycles. The molecule has 2 aliphatic heterocycles. The molecule has 5 nitrogen and oxygen atoms in total. The smallest absolute Gasteiger partial charge is 0.188 e. The van der Waals surface area contributed by atoms with E-state index in [0.29, 0.717) is 18.2 Å². The van der Waals surface area contributed by atoms with Gasteiger partial charge in [-0.3, -0.25) is 4.90 Å². The van der Waals surface area contributed by atoms with E-state index in [1.165, 1.54) is 0 Å². The number of nitrogens with zero attached hydrogens (tertiary/aromatic N) is 3. The highest BCUT2D eigenvalue weighted by atomic mass is 35.5. The number of piperazine rings is 1. The molecule has 0 amide bonds. The van der Waals surface area contributed by atoms with Gasteiger partial charge in [-0.2, -0.15) is 5.32 Å². The van der Waals surface area contributed by atoms with E-state index in [1.54, 1.807) is 0 Å². The lowest BCUT2D eigenvalue weighted by Gasteiger charge is -2.40. The van der Waals surface area contributed by atoms with Gasteiger partial charge in [0, 0.05) is 31.2 Å². The van der Waals surface area contributed by atoms with Crippen LogP contribution in [0.3, 0.4) is 0 Å². The maximum atomic E-state index is 5.92. The van der Waals surface area contributed by atoms with Gasteiger partial charge < -0.3 is 14.4 Å². The second kappa shape index (κ2) is 6.94. The van der Waals surface area contributed by atoms with Gasteiger partial charge >= 0.3 is 0 Å². The molecular formula is C15H21ClN3O2. The molecule has 1 radical (unpaired) electrons. The van der Waals surface area contributed by atoms with Gasteiger partial charge in [0.05, 0.1) is 6.54 Å². The molecular weight excluding hydrogens is 290 g/mol. The molecule has 115 valence electrons. The van der Waals surface area contributed by atoms with Crippen LogP contribution in [0.5, 0.6) is 5.75 Å². The zero-order chi connectivity index (χ0) is 14.7. The maximum absolute atomic E-state index is 5.92. The quantitative estimate of drug-likeness (QED) is 0.842. The van der Waals surface area contributed by atoms with Gasteiger partial charge in [0.15, 0.2) is 6.23 Å². The van der Waals surface area contributed by atoms with Gasteiger partial charge in [0.1, 0.15) is 18.6 Å². The first-order valence-corrected chi connectivity index (χ1v) is 7.71. The minimum absolute atomic E-state index is 0.101. The van der Waals surface area contributed by atoms with Crippen LogP contribution < -0.4 is 10.1 Å². The first kappa shape index (κ1) is 15.1. The summed E-state index contributed by atoms with van der Waals surface area (Å²) < 4.78 is 11.7. The van der Waals surface area contributed by atoms with E-state index >= 15 is 0 Å². The Morgan fingerprint density at radius 1 is 1.19 bits per heavy atom. The highest BCUT2D eigenvalue weighted by Crippen LogP contribution is 2.18. The fourth-order valence-electron chi connectivity index (χ4n) is 2.58. The van der Waals surface area contributed by atoms with Gasteiger partial charge in [-0.05, 0) is 31.3 Å². The number of ether oxygens (including phenoxy) is 2. The van der Waals surface area contributed by atoms with Crippen molar-refractivity contribution in [3.63, 3.8) is 0 Å². The monoisotopic (exact) mass is 310 g/mol. The molecule has 1 aromatic carbocycles. The molecule has 3 rings (SSSR count). The molecule has 2 unspecified atom stereocenters. The van der Waals surface area contributed by atoms with E-state index in [-0.39, 0.29) is 12.5 Å². The van der Waals surface area contributed by atoms with Crippen molar-refractivity contribution in [1.82, 2.24) is 15.1 Å². The van der Waals surface area contributed by atoms with Crippen LogP contribution in [0.25, 0.3) is 0 Å². The molecule has 0 spiro atoms. The van der Waals surface area contributed by atoms with Crippen molar-refractivity contribution < 1.29 is 9.47 Å². The fourth-order valence-corrected chi connectivity index (χ4v) is 2.70. The third-order valence-corrected chi connectivity index (χ3v) is 4.18. The summed E-state index contributed by atoms with van der Waals surface area (Å²) in [6, 6.07) is 7.33. The molecule has 0 bridgehead atoms. The summed E-state index contributed by atoms with van der Waals surface area (Å²) in [5.41, 5.74) is 0. The van der Waals surface area contributed by atoms with Gasteiger partial charge in [0.2, 0.25) is 0 Å². The Labute approximate surface area is 130 Å². The summed E-state index contributed by atoms with van der Waals surface area (Å²) in [6.45, 7) is 5.43. The molecule has 0 N–H and O–H groups in total. The van der Waals surface area contributed by atoms with Crippen LogP contribution in [0.4, 0.5) is 0 Å². The fraction of sp³-hybridized carbons (Fsp3) is 0.600. The summed E-state index contributed by atoms with van der Waals surface area (Å²) in [5, 5.41) is 5.29. The highest BCUT2D eigenvalue weighted by molar-refractivity contribution is 6.30. The lowest BCUT2D eigenvalue weighted by molar-refractivity contribution is -0.129. The van der Waals surface area contributed by atoms with Crippen molar-refractivity contribution in [2.75, 3.05) is 46.4 Å². The zero-order valence-corrected chi connectivity index (χ0v) is 13.0. The molecule has 6 heteroatoms. The largest absolute Gasteiger partial charge is 0.471 e. The predicted octanol–water partition coefficient (Wildman–Crippen LogP) is 1.25. The van der Waals surface area contributed by atoms with Crippen molar-refractivity contribution in [2.45, 2.75) is 12.5 Å². The molecule has 0 saturated carbocycles. The van der Waals surface area contributed by atoms with Crippen LogP contribution in [-0.4, -0.2) is 68.6 Å². The minimum Gasteiger partial charge on any atom is -0.471 e. The molecule has 2 atom stereocenters. The topological polar surface area (TPSA) is 39.0 Å². The molecule has 1 aromatic rings.